The molecule has 0 aromatic carbocycles. The number of carbonyl (C=O) groups is 1. The number of hydrogen-bond donors (Lipinski definition) is 2. The molecule has 1 amide bonds. The van der Waals surface area contributed by atoms with Crippen molar-refractivity contribution in [3.63, 3.8) is 0 Å². The Balaban J connectivity index is 2.29. The maximum absolute atomic E-state index is 11.8. The summed E-state index contributed by atoms with van der Waals surface area (Å²) < 4.78 is 0. The molecular formula is C12H24N2O. The van der Waals surface area contributed by atoms with Gasteiger partial charge in [0.15, 0.2) is 0 Å². The van der Waals surface area contributed by atoms with E-state index in [1.165, 1.54) is 0 Å². The molecule has 0 bridgehead atoms. The molecule has 1 aliphatic heterocycles. The molecule has 1 aliphatic rings. The second kappa shape index (κ2) is 6.11. The van der Waals surface area contributed by atoms with Crippen LogP contribution in [0.3, 0.4) is 0 Å². The van der Waals surface area contributed by atoms with Crippen molar-refractivity contribution in [1.82, 2.24) is 10.6 Å². The second-order valence-corrected chi connectivity index (χ2v) is 4.57. The molecule has 3 nitrogen and oxygen atoms in total. The highest BCUT2D eigenvalue weighted by Gasteiger charge is 2.29. The van der Waals surface area contributed by atoms with Gasteiger partial charge < -0.3 is 10.6 Å². The van der Waals surface area contributed by atoms with Gasteiger partial charge in [-0.1, -0.05) is 26.7 Å². The van der Waals surface area contributed by atoms with Gasteiger partial charge in [-0.2, -0.15) is 0 Å². The minimum absolute atomic E-state index is 0.180. The van der Waals surface area contributed by atoms with Gasteiger partial charge in [-0.05, 0) is 25.8 Å². The predicted octanol–water partition coefficient (Wildman–Crippen LogP) is 1.54. The molecule has 1 fully saturated rings. The van der Waals surface area contributed by atoms with Crippen molar-refractivity contribution in [3.8, 4) is 0 Å². The molecule has 0 saturated carbocycles. The first-order valence-corrected chi connectivity index (χ1v) is 6.20. The zero-order chi connectivity index (χ0) is 11.3. The summed E-state index contributed by atoms with van der Waals surface area (Å²) in [5.41, 5.74) is 0. The third-order valence-electron chi connectivity index (χ3n) is 3.58. The van der Waals surface area contributed by atoms with Gasteiger partial charge in [0.05, 0.1) is 5.92 Å². The van der Waals surface area contributed by atoms with E-state index < -0.39 is 0 Å². The van der Waals surface area contributed by atoms with Crippen LogP contribution in [-0.2, 0) is 4.79 Å². The van der Waals surface area contributed by atoms with Crippen LogP contribution in [0, 0.1) is 11.8 Å². The summed E-state index contributed by atoms with van der Waals surface area (Å²) >= 11 is 0. The molecule has 1 saturated heterocycles. The highest BCUT2D eigenvalue weighted by Crippen LogP contribution is 2.15. The van der Waals surface area contributed by atoms with Crippen molar-refractivity contribution >= 4 is 5.91 Å². The van der Waals surface area contributed by atoms with E-state index in [0.717, 1.165) is 32.4 Å². The molecule has 0 aromatic heterocycles. The molecular weight excluding hydrogens is 188 g/mol. The van der Waals surface area contributed by atoms with Gasteiger partial charge in [0, 0.05) is 12.6 Å². The van der Waals surface area contributed by atoms with Gasteiger partial charge in [0.25, 0.3) is 0 Å². The van der Waals surface area contributed by atoms with E-state index in [2.05, 4.69) is 31.4 Å². The van der Waals surface area contributed by atoms with Crippen molar-refractivity contribution in [1.29, 1.82) is 0 Å². The first-order chi connectivity index (χ1) is 7.19. The van der Waals surface area contributed by atoms with Crippen LogP contribution in [0.4, 0.5) is 0 Å². The van der Waals surface area contributed by atoms with Crippen LogP contribution in [0.15, 0.2) is 0 Å². The monoisotopic (exact) mass is 212 g/mol. The fraction of sp³-hybridized carbons (Fsp3) is 0.917. The van der Waals surface area contributed by atoms with Crippen LogP contribution in [0.1, 0.15) is 40.0 Å². The van der Waals surface area contributed by atoms with Crippen molar-refractivity contribution in [2.75, 3.05) is 13.1 Å². The zero-order valence-electron chi connectivity index (χ0n) is 10.2. The van der Waals surface area contributed by atoms with Gasteiger partial charge in [-0.15, -0.1) is 0 Å². The highest BCUT2D eigenvalue weighted by molar-refractivity contribution is 5.79. The summed E-state index contributed by atoms with van der Waals surface area (Å²) in [5.74, 6) is 1.05. The smallest absolute Gasteiger partial charge is 0.224 e. The third kappa shape index (κ3) is 3.49. The largest absolute Gasteiger partial charge is 0.356 e. The summed E-state index contributed by atoms with van der Waals surface area (Å²) in [4.78, 5) is 11.8. The van der Waals surface area contributed by atoms with Crippen LogP contribution < -0.4 is 10.6 Å². The topological polar surface area (TPSA) is 41.1 Å². The van der Waals surface area contributed by atoms with Crippen molar-refractivity contribution in [3.05, 3.63) is 0 Å². The average Bonchev–Trinajstić information content (AvgIpc) is 2.66. The molecule has 0 radical (unpaired) electrons. The third-order valence-corrected chi connectivity index (χ3v) is 3.58. The molecule has 2 unspecified atom stereocenters. The molecule has 2 N–H and O–H groups in total. The summed E-state index contributed by atoms with van der Waals surface area (Å²) in [6.07, 6.45) is 3.28. The van der Waals surface area contributed by atoms with Crippen LogP contribution >= 0.6 is 0 Å². The van der Waals surface area contributed by atoms with Crippen LogP contribution in [0.25, 0.3) is 0 Å². The number of nitrogens with one attached hydrogen (secondary N) is 2. The van der Waals surface area contributed by atoms with E-state index in [0.29, 0.717) is 12.0 Å². The molecule has 15 heavy (non-hydrogen) atoms. The Morgan fingerprint density at radius 1 is 1.47 bits per heavy atom. The lowest BCUT2D eigenvalue weighted by molar-refractivity contribution is -0.125. The number of amides is 1. The number of carbonyl (C=O) groups excluding carboxylic acids is 1. The molecule has 0 aromatic rings. The summed E-state index contributed by atoms with van der Waals surface area (Å²) in [6.45, 7) is 8.27. The maximum atomic E-state index is 11.8. The standard InChI is InChI=1S/C12H24N2O/c1-4-10(5-2)8-14-12(15)11-6-7-13-9(11)3/h9-11,13H,4-8H2,1-3H3,(H,14,15). The summed E-state index contributed by atoms with van der Waals surface area (Å²) in [7, 11) is 0. The molecule has 0 aliphatic carbocycles. The summed E-state index contributed by atoms with van der Waals surface area (Å²) in [6, 6.07) is 0.340. The molecule has 1 rings (SSSR count). The Labute approximate surface area is 93.0 Å². The van der Waals surface area contributed by atoms with Gasteiger partial charge in [0.2, 0.25) is 5.91 Å². The number of hydrogen-bond acceptors (Lipinski definition) is 2. The van der Waals surface area contributed by atoms with E-state index in [1.807, 2.05) is 0 Å². The molecule has 2 atom stereocenters. The lowest BCUT2D eigenvalue weighted by Crippen LogP contribution is -2.38. The van der Waals surface area contributed by atoms with E-state index in [9.17, 15) is 4.79 Å². The molecule has 1 heterocycles. The molecule has 0 spiro atoms. The zero-order valence-corrected chi connectivity index (χ0v) is 10.2. The van der Waals surface area contributed by atoms with Crippen molar-refractivity contribution < 1.29 is 4.79 Å². The normalized spacial score (nSPS) is 25.9. The Morgan fingerprint density at radius 3 is 2.60 bits per heavy atom. The van der Waals surface area contributed by atoms with Gasteiger partial charge >= 0.3 is 0 Å². The lowest BCUT2D eigenvalue weighted by Gasteiger charge is -2.18. The first kappa shape index (κ1) is 12.5. The maximum Gasteiger partial charge on any atom is 0.224 e. The number of rotatable bonds is 5. The second-order valence-electron chi connectivity index (χ2n) is 4.57. The lowest BCUT2D eigenvalue weighted by atomic mass is 9.99. The van der Waals surface area contributed by atoms with Gasteiger partial charge in [-0.25, -0.2) is 0 Å². The average molecular weight is 212 g/mol. The van der Waals surface area contributed by atoms with Crippen LogP contribution in [0.2, 0.25) is 0 Å². The van der Waals surface area contributed by atoms with Crippen LogP contribution in [0.5, 0.6) is 0 Å². The Hall–Kier alpha value is -0.570. The van der Waals surface area contributed by atoms with Crippen LogP contribution in [-0.4, -0.2) is 25.0 Å². The van der Waals surface area contributed by atoms with Crippen molar-refractivity contribution in [2.24, 2.45) is 11.8 Å². The molecule has 88 valence electrons. The highest BCUT2D eigenvalue weighted by atomic mass is 16.1. The Morgan fingerprint density at radius 2 is 2.13 bits per heavy atom. The fourth-order valence-electron chi connectivity index (χ4n) is 2.17. The van der Waals surface area contributed by atoms with Gasteiger partial charge in [0.1, 0.15) is 0 Å². The predicted molar refractivity (Wildman–Crippen MR) is 62.7 cm³/mol. The van der Waals surface area contributed by atoms with E-state index in [-0.39, 0.29) is 11.8 Å². The summed E-state index contributed by atoms with van der Waals surface area (Å²) in [5, 5.41) is 6.38. The SMILES string of the molecule is CCC(CC)CNC(=O)C1CCNC1C. The Bertz CT molecular complexity index is 202. The fourth-order valence-corrected chi connectivity index (χ4v) is 2.17. The minimum atomic E-state index is 0.180. The Kier molecular flexibility index (Phi) is 5.09. The van der Waals surface area contributed by atoms with E-state index in [1.54, 1.807) is 0 Å². The first-order valence-electron chi connectivity index (χ1n) is 6.20. The van der Waals surface area contributed by atoms with Gasteiger partial charge in [-0.3, -0.25) is 4.79 Å². The molecule has 3 heteroatoms. The quantitative estimate of drug-likeness (QED) is 0.726. The van der Waals surface area contributed by atoms with E-state index >= 15 is 0 Å². The van der Waals surface area contributed by atoms with E-state index in [4.69, 9.17) is 0 Å². The minimum Gasteiger partial charge on any atom is -0.356 e. The van der Waals surface area contributed by atoms with Crippen molar-refractivity contribution in [2.45, 2.75) is 46.1 Å².